The number of aromatic nitrogens is 2. The Morgan fingerprint density at radius 2 is 1.91 bits per heavy atom. The molecule has 0 unspecified atom stereocenters. The van der Waals surface area contributed by atoms with Crippen LogP contribution in [-0.4, -0.2) is 21.6 Å². The highest BCUT2D eigenvalue weighted by Crippen LogP contribution is 2.35. The van der Waals surface area contributed by atoms with Gasteiger partial charge in [0.1, 0.15) is 22.9 Å². The fourth-order valence-corrected chi connectivity index (χ4v) is 4.26. The molecule has 1 heterocycles. The number of benzene rings is 2. The van der Waals surface area contributed by atoms with E-state index in [1.165, 1.54) is 6.07 Å². The number of nitrogen functional groups attached to an aromatic ring is 1. The molecule has 32 heavy (non-hydrogen) atoms. The van der Waals surface area contributed by atoms with Crippen LogP contribution in [0.1, 0.15) is 63.6 Å². The van der Waals surface area contributed by atoms with Gasteiger partial charge in [-0.25, -0.2) is 9.07 Å². The first kappa shape index (κ1) is 21.5. The van der Waals surface area contributed by atoms with Crippen LogP contribution in [-0.2, 0) is 6.54 Å². The summed E-state index contributed by atoms with van der Waals surface area (Å²) in [6, 6.07) is 11.8. The molecular formula is C24H26FN5O2. The van der Waals surface area contributed by atoms with E-state index in [0.717, 1.165) is 31.2 Å². The second-order valence-electron chi connectivity index (χ2n) is 8.16. The third-order valence-corrected chi connectivity index (χ3v) is 6.02. The normalized spacial score (nSPS) is 13.9. The Morgan fingerprint density at radius 3 is 2.56 bits per heavy atom. The van der Waals surface area contributed by atoms with Gasteiger partial charge in [0.2, 0.25) is 0 Å². The number of carbonyl (C=O) groups is 2. The minimum absolute atomic E-state index is 0.0284. The summed E-state index contributed by atoms with van der Waals surface area (Å²) < 4.78 is 16.5. The van der Waals surface area contributed by atoms with E-state index in [4.69, 9.17) is 11.5 Å². The smallest absolute Gasteiger partial charge is 0.254 e. The maximum atomic E-state index is 14.9. The number of nitrogens with two attached hydrogens (primary N) is 2. The average Bonchev–Trinajstić information content (AvgIpc) is 3.40. The van der Waals surface area contributed by atoms with Gasteiger partial charge >= 0.3 is 0 Å². The van der Waals surface area contributed by atoms with E-state index in [1.54, 1.807) is 28.9 Å². The van der Waals surface area contributed by atoms with Crippen LogP contribution in [0.15, 0.2) is 42.5 Å². The number of hydrogen-bond donors (Lipinski definition) is 3. The van der Waals surface area contributed by atoms with Crippen molar-refractivity contribution in [1.82, 2.24) is 15.1 Å². The first-order chi connectivity index (χ1) is 15.4. The molecule has 1 saturated carbocycles. The lowest BCUT2D eigenvalue weighted by Crippen LogP contribution is -2.24. The fraction of sp³-hybridized carbons (Fsp3) is 0.292. The van der Waals surface area contributed by atoms with Crippen molar-refractivity contribution in [3.8, 4) is 11.3 Å². The van der Waals surface area contributed by atoms with Gasteiger partial charge in [-0.05, 0) is 37.5 Å². The second-order valence-corrected chi connectivity index (χ2v) is 8.16. The maximum Gasteiger partial charge on any atom is 0.254 e. The van der Waals surface area contributed by atoms with Gasteiger partial charge in [-0.1, -0.05) is 43.2 Å². The van der Waals surface area contributed by atoms with E-state index in [2.05, 4.69) is 10.4 Å². The van der Waals surface area contributed by atoms with E-state index in [9.17, 15) is 14.0 Å². The van der Waals surface area contributed by atoms with Crippen LogP contribution in [0.2, 0.25) is 0 Å². The van der Waals surface area contributed by atoms with Crippen LogP contribution in [0, 0.1) is 12.7 Å². The lowest BCUT2D eigenvalue weighted by Gasteiger charge is -2.11. The molecule has 2 aromatic carbocycles. The molecule has 8 heteroatoms. The molecule has 2 amide bonds. The lowest BCUT2D eigenvalue weighted by atomic mass is 10.0. The summed E-state index contributed by atoms with van der Waals surface area (Å²) in [6.45, 7) is 1.87. The van der Waals surface area contributed by atoms with Crippen LogP contribution in [0.5, 0.6) is 0 Å². The number of aryl methyl sites for hydroxylation is 1. The topological polar surface area (TPSA) is 116 Å². The first-order valence-corrected chi connectivity index (χ1v) is 10.7. The quantitative estimate of drug-likeness (QED) is 0.547. The monoisotopic (exact) mass is 435 g/mol. The minimum Gasteiger partial charge on any atom is -0.383 e. The highest BCUT2D eigenvalue weighted by atomic mass is 19.1. The average molecular weight is 436 g/mol. The van der Waals surface area contributed by atoms with Gasteiger partial charge in [0.25, 0.3) is 11.8 Å². The summed E-state index contributed by atoms with van der Waals surface area (Å²) in [5.41, 5.74) is 14.3. The van der Waals surface area contributed by atoms with Gasteiger partial charge in [0.05, 0.1) is 6.04 Å². The van der Waals surface area contributed by atoms with Crippen molar-refractivity contribution in [1.29, 1.82) is 0 Å². The molecule has 0 atom stereocenters. The Bertz CT molecular complexity index is 1180. The molecule has 0 aliphatic heterocycles. The summed E-state index contributed by atoms with van der Waals surface area (Å²) in [4.78, 5) is 24.5. The van der Waals surface area contributed by atoms with E-state index < -0.39 is 11.7 Å². The molecule has 0 saturated heterocycles. The van der Waals surface area contributed by atoms with E-state index in [1.807, 2.05) is 19.1 Å². The minimum atomic E-state index is -0.697. The number of rotatable bonds is 6. The first-order valence-electron chi connectivity index (χ1n) is 10.7. The molecule has 7 nitrogen and oxygen atoms in total. The zero-order valence-electron chi connectivity index (χ0n) is 17.9. The molecule has 1 aliphatic carbocycles. The summed E-state index contributed by atoms with van der Waals surface area (Å²) >= 11 is 0. The van der Waals surface area contributed by atoms with Gasteiger partial charge in [0.15, 0.2) is 0 Å². The molecule has 0 spiro atoms. The summed E-state index contributed by atoms with van der Waals surface area (Å²) in [5, 5.41) is 7.28. The van der Waals surface area contributed by atoms with Gasteiger partial charge in [-0.3, -0.25) is 9.59 Å². The molecule has 1 aromatic heterocycles. The van der Waals surface area contributed by atoms with Crippen molar-refractivity contribution in [2.45, 2.75) is 45.2 Å². The molecule has 1 aliphatic rings. The predicted octanol–water partition coefficient (Wildman–Crippen LogP) is 3.72. The number of halogens is 1. The molecule has 5 N–H and O–H groups in total. The van der Waals surface area contributed by atoms with Gasteiger partial charge in [-0.15, -0.1) is 0 Å². The van der Waals surface area contributed by atoms with E-state index in [-0.39, 0.29) is 35.6 Å². The highest BCUT2D eigenvalue weighted by molar-refractivity contribution is 6.03. The second kappa shape index (κ2) is 8.82. The maximum absolute atomic E-state index is 14.9. The zero-order chi connectivity index (χ0) is 22.8. The molecule has 0 bridgehead atoms. The molecule has 166 valence electrons. The van der Waals surface area contributed by atoms with Gasteiger partial charge in [-0.2, -0.15) is 5.10 Å². The Labute approximate surface area is 185 Å². The third-order valence-electron chi connectivity index (χ3n) is 6.02. The molecule has 4 rings (SSSR count). The number of hydrogen-bond acceptors (Lipinski definition) is 4. The molecular weight excluding hydrogens is 409 g/mol. The van der Waals surface area contributed by atoms with Crippen LogP contribution >= 0.6 is 0 Å². The number of amides is 2. The Morgan fingerprint density at radius 1 is 1.19 bits per heavy atom. The van der Waals surface area contributed by atoms with Crippen molar-refractivity contribution < 1.29 is 14.0 Å². The summed E-state index contributed by atoms with van der Waals surface area (Å²) in [6.07, 6.45) is 4.00. The highest BCUT2D eigenvalue weighted by Gasteiger charge is 2.27. The van der Waals surface area contributed by atoms with Crippen LogP contribution in [0.4, 0.5) is 10.2 Å². The number of carbonyl (C=O) groups excluding carboxylic acids is 2. The standard InChI is InChI=1S/C24H26FN5O2/c1-14-6-2-5-9-18(14)24(32)28-13-16-11-10-15(12-19(16)25)21-20(23(27)31)22(26)30(29-21)17-7-3-4-8-17/h2,5-6,9-12,17H,3-4,7-8,13,26H2,1H3,(H2,27,31)(H,28,32). The summed E-state index contributed by atoms with van der Waals surface area (Å²) in [5.74, 6) is -1.27. The molecule has 1 fully saturated rings. The largest absolute Gasteiger partial charge is 0.383 e. The van der Waals surface area contributed by atoms with Crippen LogP contribution in [0.25, 0.3) is 11.3 Å². The van der Waals surface area contributed by atoms with Crippen molar-refractivity contribution in [3.05, 3.63) is 70.5 Å². The lowest BCUT2D eigenvalue weighted by molar-refractivity contribution is 0.0948. The summed E-state index contributed by atoms with van der Waals surface area (Å²) in [7, 11) is 0. The third kappa shape index (κ3) is 4.08. The molecule has 3 aromatic rings. The Kier molecular flexibility index (Phi) is 5.94. The van der Waals surface area contributed by atoms with Crippen molar-refractivity contribution in [2.75, 3.05) is 5.73 Å². The van der Waals surface area contributed by atoms with Crippen molar-refractivity contribution in [3.63, 3.8) is 0 Å². The predicted molar refractivity (Wildman–Crippen MR) is 120 cm³/mol. The SMILES string of the molecule is Cc1ccccc1C(=O)NCc1ccc(-c2nn(C3CCCC3)c(N)c2C(N)=O)cc1F. The number of nitrogens with one attached hydrogen (secondary N) is 1. The number of primary amides is 1. The van der Waals surface area contributed by atoms with Gasteiger partial charge < -0.3 is 16.8 Å². The fourth-order valence-electron chi connectivity index (χ4n) is 4.26. The Hall–Kier alpha value is -3.68. The zero-order valence-corrected chi connectivity index (χ0v) is 17.9. The van der Waals surface area contributed by atoms with Crippen LogP contribution in [0.3, 0.4) is 0 Å². The van der Waals surface area contributed by atoms with Crippen molar-refractivity contribution in [2.24, 2.45) is 5.73 Å². The van der Waals surface area contributed by atoms with E-state index in [0.29, 0.717) is 16.7 Å². The van der Waals surface area contributed by atoms with Crippen molar-refractivity contribution >= 4 is 17.6 Å². The Balaban J connectivity index is 1.58. The van der Waals surface area contributed by atoms with E-state index >= 15 is 0 Å². The molecule has 0 radical (unpaired) electrons. The van der Waals surface area contributed by atoms with Gasteiger partial charge in [0, 0.05) is 23.2 Å². The van der Waals surface area contributed by atoms with Crippen LogP contribution < -0.4 is 16.8 Å². The number of nitrogens with zero attached hydrogens (tertiary/aromatic N) is 2. The number of anilines is 1.